The quantitative estimate of drug-likeness (QED) is 0.244. The molecule has 0 saturated carbocycles. The average Bonchev–Trinajstić information content (AvgIpc) is 3.06. The average molecular weight is 680 g/mol. The van der Waals surface area contributed by atoms with Gasteiger partial charge in [0.25, 0.3) is 5.91 Å². The second-order valence-electron chi connectivity index (χ2n) is 12.3. The van der Waals surface area contributed by atoms with Crippen LogP contribution in [-0.4, -0.2) is 73.9 Å². The zero-order chi connectivity index (χ0) is 36.4. The number of benzene rings is 1. The zero-order valence-electron chi connectivity index (χ0n) is 28.7. The number of aliphatic hydroxyl groups excluding tert-OH is 1. The van der Waals surface area contributed by atoms with Gasteiger partial charge in [-0.1, -0.05) is 56.4 Å². The molecule has 2 aliphatic rings. The summed E-state index contributed by atoms with van der Waals surface area (Å²) in [7, 11) is 2.88. The molecule has 0 saturated heterocycles. The lowest BCUT2D eigenvalue weighted by molar-refractivity contribution is -0.120. The van der Waals surface area contributed by atoms with Crippen LogP contribution in [-0.2, 0) is 28.6 Å². The summed E-state index contributed by atoms with van der Waals surface area (Å²) in [6.07, 6.45) is 3.69. The molecule has 264 valence electrons. The molecule has 0 unspecified atom stereocenters. The van der Waals surface area contributed by atoms with Crippen molar-refractivity contribution in [2.45, 2.75) is 65.0 Å². The number of ketones is 2. The van der Waals surface area contributed by atoms with Crippen LogP contribution in [0.5, 0.6) is 0 Å². The number of Topliss-reactive ketones (excluding diaryl/α,β-unsaturated/α-hetero) is 2. The van der Waals surface area contributed by atoms with E-state index in [4.69, 9.17) is 19.9 Å². The van der Waals surface area contributed by atoms with Gasteiger partial charge in [0.15, 0.2) is 6.10 Å². The number of allylic oxidation sites excluding steroid dienone is 4. The van der Waals surface area contributed by atoms with Crippen molar-refractivity contribution in [2.24, 2.45) is 17.6 Å². The topological polar surface area (TPSA) is 166 Å². The first-order valence-corrected chi connectivity index (χ1v) is 16.0. The molecular weight excluding hydrogens is 633 g/mol. The number of halogens is 1. The van der Waals surface area contributed by atoms with E-state index < -0.39 is 59.7 Å². The molecule has 0 aromatic heterocycles. The third-order valence-corrected chi connectivity index (χ3v) is 8.50. The Balaban J connectivity index is 2.24. The number of nitrogens with one attached hydrogen (secondary N) is 2. The number of hydrogen-bond donors (Lipinski definition) is 4. The smallest absolute Gasteiger partial charge is 0.405 e. The fraction of sp³-hybridized carbons (Fsp3) is 0.405. The molecule has 3 rings (SSSR count). The molecule has 1 aliphatic heterocycles. The lowest BCUT2D eigenvalue weighted by Crippen LogP contribution is -2.39. The monoisotopic (exact) mass is 679 g/mol. The maximum atomic E-state index is 14.3. The van der Waals surface area contributed by atoms with Crippen molar-refractivity contribution in [3.63, 3.8) is 0 Å². The highest BCUT2D eigenvalue weighted by Crippen LogP contribution is 2.34. The third-order valence-electron chi connectivity index (χ3n) is 8.50. The van der Waals surface area contributed by atoms with Gasteiger partial charge in [-0.2, -0.15) is 0 Å². The van der Waals surface area contributed by atoms with Crippen LogP contribution in [0.25, 0.3) is 5.57 Å². The Morgan fingerprint density at radius 3 is 2.39 bits per heavy atom. The van der Waals surface area contributed by atoms with Crippen molar-refractivity contribution in [1.29, 1.82) is 0 Å². The molecule has 5 N–H and O–H groups in total. The van der Waals surface area contributed by atoms with Crippen LogP contribution in [0.4, 0.5) is 9.18 Å². The minimum Gasteiger partial charge on any atom is -0.439 e. The lowest BCUT2D eigenvalue weighted by atomic mass is 9.81. The fourth-order valence-electron chi connectivity index (χ4n) is 5.92. The minimum absolute atomic E-state index is 0.0442. The Hall–Kier alpha value is -4.65. The van der Waals surface area contributed by atoms with E-state index in [0.29, 0.717) is 5.57 Å². The summed E-state index contributed by atoms with van der Waals surface area (Å²) < 4.78 is 30.6. The number of aliphatic hydroxyl groups is 1. The highest BCUT2D eigenvalue weighted by Gasteiger charge is 2.38. The number of ether oxygens (including phenoxy) is 3. The van der Waals surface area contributed by atoms with Crippen molar-refractivity contribution < 1.29 is 42.9 Å². The van der Waals surface area contributed by atoms with E-state index in [1.165, 1.54) is 45.4 Å². The first kappa shape index (κ1) is 38.8. The number of carbonyl (C=O) groups is 4. The third kappa shape index (κ3) is 9.71. The molecule has 2 bridgehead atoms. The largest absolute Gasteiger partial charge is 0.439 e. The molecule has 12 heteroatoms. The predicted molar refractivity (Wildman–Crippen MR) is 183 cm³/mol. The molecule has 0 spiro atoms. The van der Waals surface area contributed by atoms with E-state index in [2.05, 4.69) is 17.2 Å². The van der Waals surface area contributed by atoms with Crippen molar-refractivity contribution >= 4 is 29.1 Å². The predicted octanol–water partition coefficient (Wildman–Crippen LogP) is 4.20. The van der Waals surface area contributed by atoms with Gasteiger partial charge in [-0.05, 0) is 55.9 Å². The summed E-state index contributed by atoms with van der Waals surface area (Å²) in [6.45, 7) is 10.8. The van der Waals surface area contributed by atoms with Crippen molar-refractivity contribution in [1.82, 2.24) is 10.6 Å². The molecule has 1 heterocycles. The maximum absolute atomic E-state index is 14.3. The summed E-state index contributed by atoms with van der Waals surface area (Å²) in [4.78, 5) is 53.9. The Bertz CT molecular complexity index is 1590. The number of nitrogens with two attached hydrogens (primary N) is 1. The first-order valence-electron chi connectivity index (χ1n) is 16.0. The minimum atomic E-state index is -1.03. The van der Waals surface area contributed by atoms with Gasteiger partial charge in [0, 0.05) is 37.8 Å². The van der Waals surface area contributed by atoms with E-state index >= 15 is 0 Å². The van der Waals surface area contributed by atoms with Gasteiger partial charge in [0.05, 0.1) is 23.5 Å². The van der Waals surface area contributed by atoms with Crippen molar-refractivity contribution in [3.8, 4) is 0 Å². The molecule has 1 aromatic carbocycles. The van der Waals surface area contributed by atoms with Crippen LogP contribution >= 0.6 is 0 Å². The summed E-state index contributed by atoms with van der Waals surface area (Å²) >= 11 is 0. The summed E-state index contributed by atoms with van der Waals surface area (Å²) in [6, 6.07) is 5.06. The number of fused-ring (bicyclic) bond motifs is 2. The SMILES string of the molecule is C=CCNC1=C2C[C@@H](C)C[C@H](OC)[C@H](O)[C@@H](C)/C=C(\C)[C@H](OC(N)=O)[C@@H](OC)/C=C\C=C(/C)C(=O)NC(=C(c3ccc(F)cc3)C1=O)C2=O. The maximum Gasteiger partial charge on any atom is 0.405 e. The molecule has 6 atom stereocenters. The Labute approximate surface area is 286 Å². The number of carbonyl (C=O) groups excluding carboxylic acids is 4. The normalized spacial score (nSPS) is 28.9. The molecule has 49 heavy (non-hydrogen) atoms. The molecule has 2 amide bonds. The van der Waals surface area contributed by atoms with E-state index in [0.717, 1.165) is 12.1 Å². The Kier molecular flexibility index (Phi) is 14.0. The molecule has 0 radical (unpaired) electrons. The van der Waals surface area contributed by atoms with Gasteiger partial charge in [-0.15, -0.1) is 6.58 Å². The summed E-state index contributed by atoms with van der Waals surface area (Å²) in [5, 5.41) is 17.0. The van der Waals surface area contributed by atoms with Crippen LogP contribution in [0.1, 0.15) is 46.1 Å². The van der Waals surface area contributed by atoms with Gasteiger partial charge in [-0.3, -0.25) is 14.4 Å². The number of hydrogen-bond acceptors (Lipinski definition) is 9. The Morgan fingerprint density at radius 2 is 1.80 bits per heavy atom. The van der Waals surface area contributed by atoms with E-state index in [1.807, 2.05) is 6.92 Å². The van der Waals surface area contributed by atoms with Crippen LogP contribution in [0, 0.1) is 17.7 Å². The molecule has 0 fully saturated rings. The van der Waals surface area contributed by atoms with Gasteiger partial charge >= 0.3 is 6.09 Å². The van der Waals surface area contributed by atoms with Gasteiger partial charge < -0.3 is 35.7 Å². The van der Waals surface area contributed by atoms with Crippen molar-refractivity contribution in [3.05, 3.63) is 101 Å². The second kappa shape index (κ2) is 17.7. The van der Waals surface area contributed by atoms with E-state index in [-0.39, 0.29) is 59.0 Å². The van der Waals surface area contributed by atoms with Gasteiger partial charge in [0.2, 0.25) is 11.6 Å². The number of amides is 2. The second-order valence-corrected chi connectivity index (χ2v) is 12.3. The van der Waals surface area contributed by atoms with E-state index in [9.17, 15) is 28.7 Å². The fourth-order valence-corrected chi connectivity index (χ4v) is 5.92. The van der Waals surface area contributed by atoms with Crippen LogP contribution in [0.15, 0.2) is 89.3 Å². The lowest BCUT2D eigenvalue weighted by Gasteiger charge is -2.30. The Morgan fingerprint density at radius 1 is 1.12 bits per heavy atom. The summed E-state index contributed by atoms with van der Waals surface area (Å²) in [5.41, 5.74) is 6.19. The van der Waals surface area contributed by atoms with E-state index in [1.54, 1.807) is 32.1 Å². The molecular formula is C37H46FN3O8. The number of primary amides is 1. The van der Waals surface area contributed by atoms with Crippen molar-refractivity contribution in [2.75, 3.05) is 20.8 Å². The number of rotatable bonds is 7. The standard InChI is InChI=1S/C37H46FN3O8/c1-8-16-40-30-26-17-20(2)18-28(48-7)32(42)22(4)19-23(5)35(49-37(39)46)27(47-6)11-9-10-21(3)36(45)41-31(33(26)43)29(34(30)44)24-12-14-25(38)15-13-24/h8-15,19-20,22,27-28,32,35,40,42H,1,16-18H2,2-7H3,(H2,39,46)(H,41,45)/b11-9-,21-10+,23-19+/t20-,22+,27+,28+,32-,35+/m1/s1. The molecule has 1 aromatic rings. The van der Waals surface area contributed by atoms with Gasteiger partial charge in [0.1, 0.15) is 17.6 Å². The first-order chi connectivity index (χ1) is 23.2. The van der Waals surface area contributed by atoms with Gasteiger partial charge in [-0.25, -0.2) is 9.18 Å². The zero-order valence-corrected chi connectivity index (χ0v) is 28.7. The highest BCUT2D eigenvalue weighted by molar-refractivity contribution is 6.39. The van der Waals surface area contributed by atoms with Crippen LogP contribution in [0.2, 0.25) is 0 Å². The molecule has 1 aliphatic carbocycles. The molecule has 11 nitrogen and oxygen atoms in total. The van der Waals surface area contributed by atoms with Crippen LogP contribution < -0.4 is 16.4 Å². The highest BCUT2D eigenvalue weighted by atomic mass is 19.1. The number of methoxy groups -OCH3 is 2. The summed E-state index contributed by atoms with van der Waals surface area (Å²) in [5.74, 6) is -3.14. The van der Waals surface area contributed by atoms with Crippen LogP contribution in [0.3, 0.4) is 0 Å².